The van der Waals surface area contributed by atoms with Gasteiger partial charge >= 0.3 is 0 Å². The minimum atomic E-state index is 0.227. The van der Waals surface area contributed by atoms with Gasteiger partial charge in [0.05, 0.1) is 0 Å². The summed E-state index contributed by atoms with van der Waals surface area (Å²) in [5.41, 5.74) is 2.58. The molecule has 0 heterocycles. The Balaban J connectivity index is 1.92. The number of ether oxygens (including phenoxy) is 1. The predicted octanol–water partition coefficient (Wildman–Crippen LogP) is 4.26. The van der Waals surface area contributed by atoms with Gasteiger partial charge in [-0.15, -0.1) is 0 Å². The Morgan fingerprint density at radius 3 is 2.58 bits per heavy atom. The molecule has 2 rings (SSSR count). The van der Waals surface area contributed by atoms with E-state index in [1.807, 2.05) is 12.1 Å². The van der Waals surface area contributed by atoms with Crippen LogP contribution in [-0.4, -0.2) is 12.4 Å². The van der Waals surface area contributed by atoms with E-state index < -0.39 is 0 Å². The molecule has 2 heteroatoms. The van der Waals surface area contributed by atoms with Gasteiger partial charge in [0.1, 0.15) is 12.4 Å². The standard InChI is InChI=1S/C17H24O2/c1-12(2)16-9-8-15(10-13(16)3)19-11-17(18)14-6-4-5-7-14/h8-10,12,14H,4-7,11H2,1-3H3. The molecule has 19 heavy (non-hydrogen) atoms. The normalized spacial score (nSPS) is 16.0. The van der Waals surface area contributed by atoms with E-state index in [1.165, 1.54) is 24.0 Å². The summed E-state index contributed by atoms with van der Waals surface area (Å²) in [6, 6.07) is 6.12. The van der Waals surface area contributed by atoms with Crippen LogP contribution in [0.25, 0.3) is 0 Å². The number of benzene rings is 1. The molecule has 0 bridgehead atoms. The monoisotopic (exact) mass is 260 g/mol. The molecule has 1 aromatic carbocycles. The van der Waals surface area contributed by atoms with Gasteiger partial charge in [-0.3, -0.25) is 4.79 Å². The molecule has 0 aliphatic heterocycles. The zero-order valence-corrected chi connectivity index (χ0v) is 12.2. The number of hydrogen-bond donors (Lipinski definition) is 0. The van der Waals surface area contributed by atoms with Crippen molar-refractivity contribution in [3.63, 3.8) is 0 Å². The molecule has 0 spiro atoms. The maximum Gasteiger partial charge on any atom is 0.173 e. The summed E-state index contributed by atoms with van der Waals surface area (Å²) >= 11 is 0. The second-order valence-electron chi connectivity index (χ2n) is 5.91. The average Bonchev–Trinajstić information content (AvgIpc) is 2.89. The van der Waals surface area contributed by atoms with Gasteiger partial charge in [-0.25, -0.2) is 0 Å². The molecule has 0 aromatic heterocycles. The first-order valence-electron chi connectivity index (χ1n) is 7.34. The van der Waals surface area contributed by atoms with E-state index in [1.54, 1.807) is 0 Å². The van der Waals surface area contributed by atoms with Crippen LogP contribution in [0.3, 0.4) is 0 Å². The fraction of sp³-hybridized carbons (Fsp3) is 0.588. The van der Waals surface area contributed by atoms with Crippen LogP contribution in [0.4, 0.5) is 0 Å². The largest absolute Gasteiger partial charge is 0.486 e. The number of hydrogen-bond acceptors (Lipinski definition) is 2. The molecule has 2 nitrogen and oxygen atoms in total. The highest BCUT2D eigenvalue weighted by Gasteiger charge is 2.22. The predicted molar refractivity (Wildman–Crippen MR) is 77.7 cm³/mol. The maximum atomic E-state index is 12.0. The maximum absolute atomic E-state index is 12.0. The smallest absolute Gasteiger partial charge is 0.173 e. The number of carbonyl (C=O) groups is 1. The molecule has 0 N–H and O–H groups in total. The van der Waals surface area contributed by atoms with Gasteiger partial charge in [-0.1, -0.05) is 32.8 Å². The van der Waals surface area contributed by atoms with Crippen LogP contribution in [0.5, 0.6) is 5.75 Å². The molecule has 104 valence electrons. The second kappa shape index (κ2) is 6.23. The van der Waals surface area contributed by atoms with Crippen LogP contribution in [0, 0.1) is 12.8 Å². The lowest BCUT2D eigenvalue weighted by Gasteiger charge is -2.13. The van der Waals surface area contributed by atoms with Crippen molar-refractivity contribution in [2.45, 2.75) is 52.4 Å². The highest BCUT2D eigenvalue weighted by atomic mass is 16.5. The summed E-state index contributed by atoms with van der Waals surface area (Å²) in [4.78, 5) is 12.0. The summed E-state index contributed by atoms with van der Waals surface area (Å²) < 4.78 is 5.65. The quantitative estimate of drug-likeness (QED) is 0.791. The van der Waals surface area contributed by atoms with Crippen molar-refractivity contribution in [3.05, 3.63) is 29.3 Å². The van der Waals surface area contributed by atoms with Gasteiger partial charge < -0.3 is 4.74 Å². The van der Waals surface area contributed by atoms with Gasteiger partial charge in [-0.2, -0.15) is 0 Å². The first kappa shape index (κ1) is 14.1. The second-order valence-corrected chi connectivity index (χ2v) is 5.91. The Morgan fingerprint density at radius 1 is 1.32 bits per heavy atom. The first-order valence-corrected chi connectivity index (χ1v) is 7.34. The Bertz CT molecular complexity index is 443. The van der Waals surface area contributed by atoms with Crippen molar-refractivity contribution < 1.29 is 9.53 Å². The Morgan fingerprint density at radius 2 is 2.00 bits per heavy atom. The molecule has 0 amide bonds. The van der Waals surface area contributed by atoms with Gasteiger partial charge in [0, 0.05) is 5.92 Å². The van der Waals surface area contributed by atoms with E-state index in [9.17, 15) is 4.79 Å². The molecule has 1 aliphatic carbocycles. The molecule has 1 aromatic rings. The molecule has 0 saturated heterocycles. The van der Waals surface area contributed by atoms with Crippen molar-refractivity contribution in [1.29, 1.82) is 0 Å². The van der Waals surface area contributed by atoms with E-state index >= 15 is 0 Å². The van der Waals surface area contributed by atoms with Crippen molar-refractivity contribution in [2.75, 3.05) is 6.61 Å². The SMILES string of the molecule is Cc1cc(OCC(=O)C2CCCC2)ccc1C(C)C. The van der Waals surface area contributed by atoms with Gasteiger partial charge in [-0.05, 0) is 48.9 Å². The summed E-state index contributed by atoms with van der Waals surface area (Å²) in [6.07, 6.45) is 4.48. The fourth-order valence-electron chi connectivity index (χ4n) is 2.91. The van der Waals surface area contributed by atoms with E-state index in [4.69, 9.17) is 4.74 Å². The lowest BCUT2D eigenvalue weighted by molar-refractivity contribution is -0.124. The van der Waals surface area contributed by atoms with E-state index in [0.29, 0.717) is 5.92 Å². The van der Waals surface area contributed by atoms with Gasteiger partial charge in [0.2, 0.25) is 0 Å². The fourth-order valence-corrected chi connectivity index (χ4v) is 2.91. The van der Waals surface area contributed by atoms with Crippen molar-refractivity contribution in [3.8, 4) is 5.75 Å². The minimum absolute atomic E-state index is 0.227. The van der Waals surface area contributed by atoms with Crippen LogP contribution in [0.15, 0.2) is 18.2 Å². The Hall–Kier alpha value is -1.31. The lowest BCUT2D eigenvalue weighted by atomic mass is 9.98. The molecule has 1 aliphatic rings. The third kappa shape index (κ3) is 3.59. The number of rotatable bonds is 5. The van der Waals surface area contributed by atoms with Gasteiger partial charge in [0.25, 0.3) is 0 Å². The average molecular weight is 260 g/mol. The van der Waals surface area contributed by atoms with Crippen LogP contribution in [0.1, 0.15) is 56.6 Å². The number of carbonyl (C=O) groups excluding carboxylic acids is 1. The van der Waals surface area contributed by atoms with Crippen molar-refractivity contribution in [1.82, 2.24) is 0 Å². The summed E-state index contributed by atoms with van der Waals surface area (Å²) in [5.74, 6) is 1.85. The highest BCUT2D eigenvalue weighted by Crippen LogP contribution is 2.26. The zero-order chi connectivity index (χ0) is 13.8. The van der Waals surface area contributed by atoms with E-state index in [-0.39, 0.29) is 18.3 Å². The highest BCUT2D eigenvalue weighted by molar-refractivity contribution is 5.82. The van der Waals surface area contributed by atoms with E-state index in [0.717, 1.165) is 18.6 Å². The summed E-state index contributed by atoms with van der Waals surface area (Å²) in [6.45, 7) is 6.70. The van der Waals surface area contributed by atoms with E-state index in [2.05, 4.69) is 26.8 Å². The minimum Gasteiger partial charge on any atom is -0.486 e. The van der Waals surface area contributed by atoms with Crippen LogP contribution in [0.2, 0.25) is 0 Å². The molecule has 0 atom stereocenters. The van der Waals surface area contributed by atoms with Gasteiger partial charge in [0.15, 0.2) is 5.78 Å². The summed E-state index contributed by atoms with van der Waals surface area (Å²) in [5, 5.41) is 0. The Labute approximate surface area is 116 Å². The molecule has 1 fully saturated rings. The summed E-state index contributed by atoms with van der Waals surface area (Å²) in [7, 11) is 0. The number of aryl methyl sites for hydroxylation is 1. The number of ketones is 1. The number of Topliss-reactive ketones (excluding diaryl/α,β-unsaturated/α-hetero) is 1. The zero-order valence-electron chi connectivity index (χ0n) is 12.2. The third-order valence-electron chi connectivity index (χ3n) is 4.05. The van der Waals surface area contributed by atoms with Crippen molar-refractivity contribution in [2.24, 2.45) is 5.92 Å². The molecule has 0 unspecified atom stereocenters. The Kier molecular flexibility index (Phi) is 4.62. The lowest BCUT2D eigenvalue weighted by Crippen LogP contribution is -2.19. The first-order chi connectivity index (χ1) is 9.08. The molecular formula is C17H24O2. The van der Waals surface area contributed by atoms with Crippen LogP contribution < -0.4 is 4.74 Å². The molecule has 1 saturated carbocycles. The third-order valence-corrected chi connectivity index (χ3v) is 4.05. The molecule has 0 radical (unpaired) electrons. The molecular weight excluding hydrogens is 236 g/mol. The van der Waals surface area contributed by atoms with Crippen LogP contribution in [-0.2, 0) is 4.79 Å². The topological polar surface area (TPSA) is 26.3 Å². The van der Waals surface area contributed by atoms with Crippen LogP contribution >= 0.6 is 0 Å². The van der Waals surface area contributed by atoms with Crippen molar-refractivity contribution >= 4 is 5.78 Å².